The van der Waals surface area contributed by atoms with Gasteiger partial charge in [0.15, 0.2) is 0 Å². The zero-order valence-electron chi connectivity index (χ0n) is 18.7. The molecule has 162 valence electrons. The number of carbonyl (C=O) groups excluding carboxylic acids is 1. The molecule has 0 bridgehead atoms. The molecule has 4 heteroatoms. The van der Waals surface area contributed by atoms with E-state index in [-0.39, 0.29) is 11.9 Å². The van der Waals surface area contributed by atoms with Crippen LogP contribution >= 0.6 is 0 Å². The molecule has 2 aromatic rings. The number of hydrogen-bond acceptors (Lipinski definition) is 3. The third-order valence-electron chi connectivity index (χ3n) is 5.08. The lowest BCUT2D eigenvalue weighted by Crippen LogP contribution is -2.30. The van der Waals surface area contributed by atoms with Gasteiger partial charge in [-0.1, -0.05) is 56.5 Å². The second-order valence-electron chi connectivity index (χ2n) is 7.86. The first-order chi connectivity index (χ1) is 14.6. The summed E-state index contributed by atoms with van der Waals surface area (Å²) in [5, 5.41) is 4.09. The zero-order valence-corrected chi connectivity index (χ0v) is 18.7. The number of hydrogen-bond donors (Lipinski definition) is 1. The van der Waals surface area contributed by atoms with Gasteiger partial charge in [0.25, 0.3) is 0 Å². The van der Waals surface area contributed by atoms with Crippen LogP contribution in [0.3, 0.4) is 0 Å². The fraction of sp³-hybridized carbons (Fsp3) is 0.462. The van der Waals surface area contributed by atoms with Crippen molar-refractivity contribution in [1.29, 1.82) is 0 Å². The number of carbonyl (C=O) groups is 1. The van der Waals surface area contributed by atoms with Crippen molar-refractivity contribution < 1.29 is 9.53 Å². The Morgan fingerprint density at radius 1 is 1.10 bits per heavy atom. The summed E-state index contributed by atoms with van der Waals surface area (Å²) in [4.78, 5) is 16.3. The summed E-state index contributed by atoms with van der Waals surface area (Å²) in [6.45, 7) is 6.77. The molecule has 1 atom stereocenters. The van der Waals surface area contributed by atoms with E-state index < -0.39 is 0 Å². The average molecular weight is 409 g/mol. The summed E-state index contributed by atoms with van der Waals surface area (Å²) >= 11 is 0. The summed E-state index contributed by atoms with van der Waals surface area (Å²) < 4.78 is 5.79. The molecule has 4 nitrogen and oxygen atoms in total. The van der Waals surface area contributed by atoms with Gasteiger partial charge in [-0.3, -0.25) is 4.79 Å². The molecule has 1 amide bonds. The zero-order chi connectivity index (χ0) is 21.6. The van der Waals surface area contributed by atoms with E-state index in [9.17, 15) is 4.79 Å². The third kappa shape index (κ3) is 9.25. The lowest BCUT2D eigenvalue weighted by atomic mass is 10.1. The predicted octanol–water partition coefficient (Wildman–Crippen LogP) is 6.37. The van der Waals surface area contributed by atoms with Gasteiger partial charge in [0.2, 0.25) is 11.8 Å². The Balaban J connectivity index is 1.51. The van der Waals surface area contributed by atoms with E-state index in [2.05, 4.69) is 35.4 Å². The molecule has 30 heavy (non-hydrogen) atoms. The minimum absolute atomic E-state index is 0.00684. The highest BCUT2D eigenvalue weighted by Gasteiger charge is 2.02. The lowest BCUT2D eigenvalue weighted by Gasteiger charge is -2.08. The number of nitrogens with one attached hydrogen (secondary N) is 1. The molecule has 1 aromatic carbocycles. The number of amides is 1. The normalized spacial score (nSPS) is 13.0. The minimum Gasteiger partial charge on any atom is -0.478 e. The van der Waals surface area contributed by atoms with Gasteiger partial charge >= 0.3 is 0 Å². The predicted molar refractivity (Wildman–Crippen MR) is 126 cm³/mol. The van der Waals surface area contributed by atoms with Gasteiger partial charge in [-0.15, -0.1) is 0 Å². The molecule has 0 saturated heterocycles. The Bertz CT molecular complexity index is 842. The summed E-state index contributed by atoms with van der Waals surface area (Å²) in [5.41, 5.74) is 1.97. The van der Waals surface area contributed by atoms with Crippen LogP contribution < -0.4 is 10.1 Å². The fourth-order valence-corrected chi connectivity index (χ4v) is 3.11. The SMILES string of the molecule is CCC(C)NC(=O)C=C(C)C=CCCCCCCCOc1ccc2ccccc2n1. The van der Waals surface area contributed by atoms with Crippen molar-refractivity contribution in [1.82, 2.24) is 10.3 Å². The standard InChI is InChI=1S/C26H36N2O2/c1-4-22(3)27-25(29)20-21(2)14-10-8-6-5-7-9-13-19-30-26-18-17-23-15-11-12-16-24(23)28-26/h10-12,14-18,20,22H,4-9,13,19H2,1-3H3,(H,27,29). The van der Waals surface area contributed by atoms with Crippen molar-refractivity contribution in [3.8, 4) is 5.88 Å². The van der Waals surface area contributed by atoms with Crippen LogP contribution in [-0.4, -0.2) is 23.5 Å². The van der Waals surface area contributed by atoms with Crippen LogP contribution in [0.15, 0.2) is 60.2 Å². The van der Waals surface area contributed by atoms with Crippen molar-refractivity contribution in [2.75, 3.05) is 6.61 Å². The molecular formula is C26H36N2O2. The van der Waals surface area contributed by atoms with E-state index in [0.717, 1.165) is 35.7 Å². The van der Waals surface area contributed by atoms with E-state index in [4.69, 9.17) is 4.74 Å². The summed E-state index contributed by atoms with van der Waals surface area (Å²) in [6.07, 6.45) is 13.7. The average Bonchev–Trinajstić information content (AvgIpc) is 2.74. The van der Waals surface area contributed by atoms with Crippen LogP contribution in [0.25, 0.3) is 10.9 Å². The van der Waals surface area contributed by atoms with E-state index in [1.54, 1.807) is 6.08 Å². The number of ether oxygens (including phenoxy) is 1. The number of aromatic nitrogens is 1. The van der Waals surface area contributed by atoms with Gasteiger partial charge in [-0.05, 0) is 57.2 Å². The molecule has 1 unspecified atom stereocenters. The highest BCUT2D eigenvalue weighted by molar-refractivity contribution is 5.88. The van der Waals surface area contributed by atoms with Crippen LogP contribution in [-0.2, 0) is 4.79 Å². The van der Waals surface area contributed by atoms with Crippen molar-refractivity contribution in [3.05, 3.63) is 60.2 Å². The van der Waals surface area contributed by atoms with Crippen LogP contribution in [0.4, 0.5) is 0 Å². The van der Waals surface area contributed by atoms with Crippen LogP contribution in [0.2, 0.25) is 0 Å². The van der Waals surface area contributed by atoms with Crippen molar-refractivity contribution in [2.45, 2.75) is 71.8 Å². The number of nitrogens with zero attached hydrogens (tertiary/aromatic N) is 1. The highest BCUT2D eigenvalue weighted by atomic mass is 16.5. The maximum atomic E-state index is 11.8. The van der Waals surface area contributed by atoms with E-state index in [0.29, 0.717) is 12.5 Å². The molecule has 0 aliphatic heterocycles. The van der Waals surface area contributed by atoms with Gasteiger partial charge in [0.05, 0.1) is 12.1 Å². The number of unbranched alkanes of at least 4 members (excludes halogenated alkanes) is 5. The molecule has 0 saturated carbocycles. The molecule has 1 N–H and O–H groups in total. The number of rotatable bonds is 13. The second kappa shape index (κ2) is 13.6. The number of para-hydroxylation sites is 1. The quantitative estimate of drug-likeness (QED) is 0.238. The molecule has 0 radical (unpaired) electrons. The van der Waals surface area contributed by atoms with Crippen LogP contribution in [0.1, 0.15) is 65.7 Å². The van der Waals surface area contributed by atoms with Crippen LogP contribution in [0.5, 0.6) is 5.88 Å². The Morgan fingerprint density at radius 3 is 2.70 bits per heavy atom. The fourth-order valence-electron chi connectivity index (χ4n) is 3.11. The summed E-state index contributed by atoms with van der Waals surface area (Å²) in [7, 11) is 0. The van der Waals surface area contributed by atoms with E-state index in [1.807, 2.05) is 44.2 Å². The molecule has 0 fully saturated rings. The number of allylic oxidation sites excluding steroid dienone is 3. The van der Waals surface area contributed by atoms with E-state index >= 15 is 0 Å². The summed E-state index contributed by atoms with van der Waals surface area (Å²) in [5.74, 6) is 0.702. The first-order valence-electron chi connectivity index (χ1n) is 11.2. The minimum atomic E-state index is -0.00684. The number of pyridine rings is 1. The first-order valence-corrected chi connectivity index (χ1v) is 11.2. The molecule has 1 heterocycles. The van der Waals surface area contributed by atoms with Gasteiger partial charge in [0, 0.05) is 23.6 Å². The maximum Gasteiger partial charge on any atom is 0.244 e. The van der Waals surface area contributed by atoms with E-state index in [1.165, 1.54) is 25.7 Å². The van der Waals surface area contributed by atoms with Crippen LogP contribution in [0, 0.1) is 0 Å². The molecule has 0 aliphatic carbocycles. The van der Waals surface area contributed by atoms with Gasteiger partial charge in [-0.25, -0.2) is 4.98 Å². The molecule has 2 rings (SSSR count). The van der Waals surface area contributed by atoms with Crippen molar-refractivity contribution in [3.63, 3.8) is 0 Å². The van der Waals surface area contributed by atoms with Gasteiger partial charge in [-0.2, -0.15) is 0 Å². The third-order valence-corrected chi connectivity index (χ3v) is 5.08. The number of benzene rings is 1. The largest absolute Gasteiger partial charge is 0.478 e. The molecule has 0 aliphatic rings. The topological polar surface area (TPSA) is 51.2 Å². The second-order valence-corrected chi connectivity index (χ2v) is 7.86. The molecule has 1 aromatic heterocycles. The Kier molecular flexibility index (Phi) is 10.7. The van der Waals surface area contributed by atoms with Gasteiger partial charge < -0.3 is 10.1 Å². The van der Waals surface area contributed by atoms with Crippen molar-refractivity contribution in [2.24, 2.45) is 0 Å². The smallest absolute Gasteiger partial charge is 0.244 e. The lowest BCUT2D eigenvalue weighted by molar-refractivity contribution is -0.117. The number of fused-ring (bicyclic) bond motifs is 1. The summed E-state index contributed by atoms with van der Waals surface area (Å²) in [6, 6.07) is 12.3. The Morgan fingerprint density at radius 2 is 1.87 bits per heavy atom. The Hall–Kier alpha value is -2.62. The Labute approximate surface area is 181 Å². The maximum absolute atomic E-state index is 11.8. The van der Waals surface area contributed by atoms with Crippen molar-refractivity contribution >= 4 is 16.8 Å². The first kappa shape index (κ1) is 23.7. The highest BCUT2D eigenvalue weighted by Crippen LogP contribution is 2.16. The monoisotopic (exact) mass is 408 g/mol. The van der Waals surface area contributed by atoms with Gasteiger partial charge in [0.1, 0.15) is 0 Å². The molecule has 0 spiro atoms. The molecular weight excluding hydrogens is 372 g/mol.